The Hall–Kier alpha value is -2.66. The lowest BCUT2D eigenvalue weighted by Crippen LogP contribution is -2.25. The Kier molecular flexibility index (Phi) is 3.26. The number of nitro benzene ring substituents is 1. The van der Waals surface area contributed by atoms with E-state index < -0.39 is 11.0 Å². The largest absolute Gasteiger partial charge is 0.288 e. The van der Waals surface area contributed by atoms with E-state index in [0.29, 0.717) is 11.3 Å². The Morgan fingerprint density at radius 3 is 2.52 bits per heavy atom. The highest BCUT2D eigenvalue weighted by Crippen LogP contribution is 2.31. The fourth-order valence-corrected chi connectivity index (χ4v) is 2.07. The molecule has 0 aliphatic heterocycles. The van der Waals surface area contributed by atoms with Gasteiger partial charge in [-0.1, -0.05) is 42.4 Å². The predicted molar refractivity (Wildman–Crippen MR) is 81.4 cm³/mol. The molecule has 0 bridgehead atoms. The average molecular weight is 287 g/mol. The van der Waals surface area contributed by atoms with Gasteiger partial charge in [-0.2, -0.15) is 0 Å². The van der Waals surface area contributed by atoms with E-state index in [1.54, 1.807) is 31.2 Å². The molecule has 2 aromatic carbocycles. The highest BCUT2D eigenvalue weighted by Gasteiger charge is 2.20. The van der Waals surface area contributed by atoms with Gasteiger partial charge in [-0.15, -0.1) is 0 Å². The monoisotopic (exact) mass is 287 g/mol. The lowest BCUT2D eigenvalue weighted by atomic mass is 10.0. The van der Waals surface area contributed by atoms with E-state index in [2.05, 4.69) is 0 Å². The fraction of sp³-hybridized carbons (Fsp3) is 0.125. The normalized spacial score (nSPS) is 13.5. The molecule has 0 saturated heterocycles. The van der Waals surface area contributed by atoms with Crippen LogP contribution < -0.4 is 5.06 Å². The number of hydroxylamine groups is 1. The quantitative estimate of drug-likeness (QED) is 0.493. The third-order valence-electron chi connectivity index (χ3n) is 3.07. The molecule has 2 rings (SSSR count). The van der Waals surface area contributed by atoms with Crippen molar-refractivity contribution in [2.75, 3.05) is 5.06 Å². The van der Waals surface area contributed by atoms with Crippen molar-refractivity contribution >= 4 is 11.4 Å². The first-order chi connectivity index (χ1) is 11.5. The van der Waals surface area contributed by atoms with Gasteiger partial charge in [-0.3, -0.25) is 15.3 Å². The minimum atomic E-state index is -0.671. The molecule has 1 unspecified atom stereocenters. The number of nitrogens with zero attached hydrogens (tertiary/aromatic N) is 2. The average Bonchev–Trinajstić information content (AvgIpc) is 2.59. The number of hydrogen-bond donors (Lipinski definition) is 1. The van der Waals surface area contributed by atoms with E-state index in [9.17, 15) is 10.1 Å². The zero-order valence-electron chi connectivity index (χ0n) is 14.4. The fourth-order valence-electron chi connectivity index (χ4n) is 2.07. The van der Waals surface area contributed by atoms with Crippen molar-refractivity contribution in [3.05, 3.63) is 82.4 Å². The molecule has 0 aliphatic carbocycles. The number of hydrogen-bond acceptors (Lipinski definition) is 4. The minimum Gasteiger partial charge on any atom is -0.288 e. The molecule has 21 heavy (non-hydrogen) atoms. The summed E-state index contributed by atoms with van der Waals surface area (Å²) in [7, 11) is 0. The third kappa shape index (κ3) is 3.27. The summed E-state index contributed by atoms with van der Waals surface area (Å²) >= 11 is 0. The van der Waals surface area contributed by atoms with Crippen LogP contribution in [0.25, 0.3) is 0 Å². The molecule has 0 fully saturated rings. The Bertz CT molecular complexity index is 732. The van der Waals surface area contributed by atoms with Crippen molar-refractivity contribution < 1.29 is 14.3 Å². The number of benzene rings is 2. The van der Waals surface area contributed by atoms with Crippen LogP contribution in [0, 0.1) is 10.1 Å². The highest BCUT2D eigenvalue weighted by molar-refractivity contribution is 5.52. The van der Waals surface area contributed by atoms with Crippen LogP contribution in [0.2, 0.25) is 1.43 Å². The van der Waals surface area contributed by atoms with Gasteiger partial charge in [0.05, 0.1) is 13.4 Å². The van der Waals surface area contributed by atoms with Crippen LogP contribution >= 0.6 is 0 Å². The lowest BCUT2D eigenvalue weighted by molar-refractivity contribution is -0.384. The molecule has 5 nitrogen and oxygen atoms in total. The maximum absolute atomic E-state index is 10.8. The van der Waals surface area contributed by atoms with Gasteiger partial charge in [0.2, 0.25) is 1.43 Å². The van der Waals surface area contributed by atoms with E-state index in [-0.39, 0.29) is 12.2 Å². The summed E-state index contributed by atoms with van der Waals surface area (Å²) in [4.78, 5) is 10.3. The zero-order valence-corrected chi connectivity index (χ0v) is 11.4. The number of nitro groups is 1. The minimum absolute atomic E-state index is 0.0751. The summed E-state index contributed by atoms with van der Waals surface area (Å²) < 4.78 is 22.6. The second-order valence-electron chi connectivity index (χ2n) is 4.60. The third-order valence-corrected chi connectivity index (χ3v) is 3.07. The van der Waals surface area contributed by atoms with Crippen molar-refractivity contribution in [1.82, 2.24) is 0 Å². The second kappa shape index (κ2) is 6.19. The molecule has 1 atom stereocenters. The highest BCUT2D eigenvalue weighted by atomic mass is 16.6. The van der Waals surface area contributed by atoms with Crippen molar-refractivity contribution in [3.63, 3.8) is 0 Å². The Morgan fingerprint density at radius 2 is 2.00 bits per heavy atom. The number of non-ortho nitro benzene ring substituents is 1. The van der Waals surface area contributed by atoms with Gasteiger partial charge in [-0.05, 0) is 24.6 Å². The van der Waals surface area contributed by atoms with Crippen molar-refractivity contribution in [2.45, 2.75) is 13.0 Å². The molecule has 0 heterocycles. The summed E-state index contributed by atoms with van der Waals surface area (Å²) in [5.41, 5.74) is 1.45. The maximum atomic E-state index is 10.8. The zero-order chi connectivity index (χ0) is 17.7. The second-order valence-corrected chi connectivity index (χ2v) is 4.60. The SMILES string of the molecule is [2H]ON(c1ccc([N+](=O)[O-])cc1)C(C(C)=C([2H])[2H])c1ccccc1. The Labute approximate surface area is 127 Å². The standard InChI is InChI=1S/C16H16N2O3/c1-12(2)16(13-6-4-3-5-7-13)17(19)14-8-10-15(11-9-14)18(20)21/h3-11,16,19H,1H2,2H3/i1D2,19D. The molecule has 0 aromatic heterocycles. The lowest BCUT2D eigenvalue weighted by Gasteiger charge is -2.28. The molecular formula is C16H16N2O3. The summed E-state index contributed by atoms with van der Waals surface area (Å²) in [6.07, 6.45) is 0. The predicted octanol–water partition coefficient (Wildman–Crippen LogP) is 4.11. The van der Waals surface area contributed by atoms with Crippen LogP contribution in [0.1, 0.15) is 21.3 Å². The summed E-state index contributed by atoms with van der Waals surface area (Å²) in [5, 5.41) is 16.7. The first-order valence-corrected chi connectivity index (χ1v) is 6.31. The number of anilines is 1. The van der Waals surface area contributed by atoms with Crippen LogP contribution in [0.5, 0.6) is 0 Å². The van der Waals surface area contributed by atoms with E-state index in [1.165, 1.54) is 29.3 Å². The first-order valence-electron chi connectivity index (χ1n) is 7.72. The molecule has 5 heteroatoms. The van der Waals surface area contributed by atoms with Crippen molar-refractivity contribution in [3.8, 4) is 0 Å². The summed E-state index contributed by atoms with van der Waals surface area (Å²) in [5.74, 6) is 0. The maximum Gasteiger partial charge on any atom is 0.269 e. The molecule has 2 aromatic rings. The smallest absolute Gasteiger partial charge is 0.269 e. The molecule has 0 spiro atoms. The topological polar surface area (TPSA) is 66.6 Å². The molecule has 1 N–H and O–H groups in total. The Morgan fingerprint density at radius 1 is 1.33 bits per heavy atom. The van der Waals surface area contributed by atoms with Gasteiger partial charge in [0.25, 0.3) is 5.69 Å². The van der Waals surface area contributed by atoms with E-state index in [0.717, 1.165) is 5.56 Å². The van der Waals surface area contributed by atoms with Gasteiger partial charge in [-0.25, -0.2) is 5.06 Å². The first kappa shape index (κ1) is 11.0. The molecular weight excluding hydrogens is 268 g/mol. The van der Waals surface area contributed by atoms with E-state index in [4.69, 9.17) is 9.38 Å². The van der Waals surface area contributed by atoms with Crippen LogP contribution in [0.4, 0.5) is 11.4 Å². The Balaban J connectivity index is 2.49. The van der Waals surface area contributed by atoms with Gasteiger partial charge >= 0.3 is 0 Å². The van der Waals surface area contributed by atoms with Crippen molar-refractivity contribution in [1.29, 1.82) is 0 Å². The van der Waals surface area contributed by atoms with E-state index >= 15 is 0 Å². The molecule has 0 amide bonds. The van der Waals surface area contributed by atoms with Gasteiger partial charge in [0.15, 0.2) is 0 Å². The van der Waals surface area contributed by atoms with Gasteiger partial charge in [0.1, 0.15) is 6.04 Å². The van der Waals surface area contributed by atoms with E-state index in [1.807, 2.05) is 6.07 Å². The summed E-state index contributed by atoms with van der Waals surface area (Å²) in [6.45, 7) is 1.23. The van der Waals surface area contributed by atoms with Gasteiger partial charge in [0, 0.05) is 12.1 Å². The van der Waals surface area contributed by atoms with Crippen LogP contribution in [0.3, 0.4) is 0 Å². The van der Waals surface area contributed by atoms with Crippen molar-refractivity contribution in [2.24, 2.45) is 0 Å². The molecule has 0 radical (unpaired) electrons. The van der Waals surface area contributed by atoms with Crippen LogP contribution in [-0.4, -0.2) is 10.1 Å². The molecule has 0 saturated carbocycles. The molecule has 0 aliphatic rings. The van der Waals surface area contributed by atoms with Gasteiger partial charge < -0.3 is 0 Å². The number of rotatable bonds is 6. The van der Waals surface area contributed by atoms with Crippen LogP contribution in [-0.2, 0) is 0 Å². The van der Waals surface area contributed by atoms with Crippen LogP contribution in [0.15, 0.2) is 66.7 Å². The summed E-state index contributed by atoms with van der Waals surface area (Å²) in [6, 6.07) is 13.9. The molecule has 108 valence electrons.